The monoisotopic (exact) mass is 408 g/mol. The Bertz CT molecular complexity index is 870. The van der Waals surface area contributed by atoms with Crippen LogP contribution in [0.1, 0.15) is 42.7 Å². The van der Waals surface area contributed by atoms with Crippen LogP contribution in [0.4, 0.5) is 0 Å². The molecular formula is C25H32N2O3. The summed E-state index contributed by atoms with van der Waals surface area (Å²) in [6.45, 7) is 2.95. The molecule has 1 atom stereocenters. The molecule has 5 heteroatoms. The quantitative estimate of drug-likeness (QED) is 0.748. The highest BCUT2D eigenvalue weighted by Crippen LogP contribution is 2.46. The number of nitrogens with zero attached hydrogens (tertiary/aromatic N) is 2. The van der Waals surface area contributed by atoms with E-state index >= 15 is 0 Å². The van der Waals surface area contributed by atoms with Gasteiger partial charge in [0.15, 0.2) is 0 Å². The van der Waals surface area contributed by atoms with Crippen molar-refractivity contribution in [2.45, 2.75) is 43.7 Å². The number of likely N-dealkylation sites (tertiary alicyclic amines) is 1. The van der Waals surface area contributed by atoms with Crippen LogP contribution in [-0.2, 0) is 11.3 Å². The molecule has 0 aromatic heterocycles. The summed E-state index contributed by atoms with van der Waals surface area (Å²) in [6.07, 6.45) is 3.44. The molecule has 0 saturated carbocycles. The number of hydrogen-bond acceptors (Lipinski definition) is 4. The number of rotatable bonds is 5. The number of carbonyl (C=O) groups excluding carboxylic acids is 1. The zero-order valence-corrected chi connectivity index (χ0v) is 18.3. The minimum atomic E-state index is -0.165. The lowest BCUT2D eigenvalue weighted by Crippen LogP contribution is -2.50. The summed E-state index contributed by atoms with van der Waals surface area (Å²) in [7, 11) is 5.36. The van der Waals surface area contributed by atoms with Crippen molar-refractivity contribution in [1.29, 1.82) is 0 Å². The highest BCUT2D eigenvalue weighted by Gasteiger charge is 2.43. The van der Waals surface area contributed by atoms with Crippen molar-refractivity contribution in [3.05, 3.63) is 59.7 Å². The molecule has 30 heavy (non-hydrogen) atoms. The van der Waals surface area contributed by atoms with Gasteiger partial charge in [-0.2, -0.15) is 0 Å². The van der Waals surface area contributed by atoms with E-state index in [-0.39, 0.29) is 17.4 Å². The fourth-order valence-electron chi connectivity index (χ4n) is 4.73. The van der Waals surface area contributed by atoms with Crippen LogP contribution in [0, 0.1) is 0 Å². The number of amides is 1. The van der Waals surface area contributed by atoms with E-state index in [0.717, 1.165) is 50.4 Å². The summed E-state index contributed by atoms with van der Waals surface area (Å²) >= 11 is 0. The lowest BCUT2D eigenvalue weighted by atomic mass is 9.76. The third kappa shape index (κ3) is 4.46. The largest absolute Gasteiger partial charge is 0.497 e. The van der Waals surface area contributed by atoms with Gasteiger partial charge in [0.1, 0.15) is 17.1 Å². The highest BCUT2D eigenvalue weighted by molar-refractivity contribution is 5.76. The lowest BCUT2D eigenvalue weighted by molar-refractivity contribution is -0.129. The van der Waals surface area contributed by atoms with Gasteiger partial charge >= 0.3 is 0 Å². The van der Waals surface area contributed by atoms with Crippen LogP contribution < -0.4 is 9.47 Å². The summed E-state index contributed by atoms with van der Waals surface area (Å²) in [5.74, 6) is 2.26. The first-order valence-electron chi connectivity index (χ1n) is 10.8. The van der Waals surface area contributed by atoms with Crippen molar-refractivity contribution in [2.24, 2.45) is 0 Å². The molecule has 160 valence electrons. The molecule has 0 bridgehead atoms. The molecule has 0 unspecified atom stereocenters. The number of hydrogen-bond donors (Lipinski definition) is 0. The van der Waals surface area contributed by atoms with Crippen LogP contribution in [-0.4, -0.2) is 55.6 Å². The van der Waals surface area contributed by atoms with Gasteiger partial charge in [-0.3, -0.25) is 9.69 Å². The molecule has 0 aliphatic carbocycles. The molecule has 1 spiro atoms. The average Bonchev–Trinajstić information content (AvgIpc) is 2.76. The van der Waals surface area contributed by atoms with Crippen molar-refractivity contribution in [3.63, 3.8) is 0 Å². The number of ether oxygens (including phenoxy) is 2. The Morgan fingerprint density at radius 2 is 1.83 bits per heavy atom. The van der Waals surface area contributed by atoms with Crippen LogP contribution >= 0.6 is 0 Å². The molecule has 2 aromatic rings. The predicted molar refractivity (Wildman–Crippen MR) is 118 cm³/mol. The molecule has 5 nitrogen and oxygen atoms in total. The van der Waals surface area contributed by atoms with E-state index in [1.807, 2.05) is 38.4 Å². The molecule has 2 heterocycles. The Hall–Kier alpha value is -2.53. The second-order valence-corrected chi connectivity index (χ2v) is 8.84. The first-order chi connectivity index (χ1) is 14.5. The zero-order valence-electron chi connectivity index (χ0n) is 18.3. The average molecular weight is 409 g/mol. The fraction of sp³-hybridized carbons (Fsp3) is 0.480. The van der Waals surface area contributed by atoms with Gasteiger partial charge in [0.25, 0.3) is 0 Å². The van der Waals surface area contributed by atoms with E-state index in [2.05, 4.69) is 29.2 Å². The number of carbonyl (C=O) groups is 1. The van der Waals surface area contributed by atoms with Crippen LogP contribution in [0.25, 0.3) is 0 Å². The third-order valence-electron chi connectivity index (χ3n) is 6.56. The van der Waals surface area contributed by atoms with Gasteiger partial charge in [-0.05, 0) is 48.6 Å². The molecule has 0 radical (unpaired) electrons. The number of piperidine rings is 1. The maximum absolute atomic E-state index is 12.5. The van der Waals surface area contributed by atoms with Crippen molar-refractivity contribution < 1.29 is 14.3 Å². The Labute approximate surface area is 179 Å². The van der Waals surface area contributed by atoms with Gasteiger partial charge in [0.05, 0.1) is 7.11 Å². The van der Waals surface area contributed by atoms with E-state index in [1.54, 1.807) is 12.0 Å². The fourth-order valence-corrected chi connectivity index (χ4v) is 4.73. The minimum Gasteiger partial charge on any atom is -0.497 e. The highest BCUT2D eigenvalue weighted by atomic mass is 16.5. The van der Waals surface area contributed by atoms with Crippen LogP contribution in [0.15, 0.2) is 48.5 Å². The smallest absolute Gasteiger partial charge is 0.222 e. The Morgan fingerprint density at radius 1 is 1.13 bits per heavy atom. The number of benzene rings is 2. The second-order valence-electron chi connectivity index (χ2n) is 8.84. The van der Waals surface area contributed by atoms with Crippen molar-refractivity contribution >= 4 is 5.91 Å². The van der Waals surface area contributed by atoms with Crippen LogP contribution in [0.5, 0.6) is 11.5 Å². The zero-order chi connectivity index (χ0) is 21.1. The molecule has 1 fully saturated rings. The first-order valence-corrected chi connectivity index (χ1v) is 10.8. The summed E-state index contributed by atoms with van der Waals surface area (Å²) in [4.78, 5) is 16.7. The lowest BCUT2D eigenvalue weighted by Gasteiger charge is -2.47. The topological polar surface area (TPSA) is 42.0 Å². The van der Waals surface area contributed by atoms with E-state index in [0.29, 0.717) is 6.42 Å². The number of methoxy groups -OCH3 is 1. The number of fused-ring (bicyclic) bond motifs is 1. The third-order valence-corrected chi connectivity index (χ3v) is 6.56. The van der Waals surface area contributed by atoms with Gasteiger partial charge in [0.2, 0.25) is 5.91 Å². The predicted octanol–water partition coefficient (Wildman–Crippen LogP) is 4.07. The van der Waals surface area contributed by atoms with E-state index in [1.165, 1.54) is 11.1 Å². The summed E-state index contributed by atoms with van der Waals surface area (Å²) in [5.41, 5.74) is 2.32. The molecule has 2 aliphatic heterocycles. The van der Waals surface area contributed by atoms with Crippen molar-refractivity contribution in [2.75, 3.05) is 34.3 Å². The van der Waals surface area contributed by atoms with Gasteiger partial charge in [-0.25, -0.2) is 0 Å². The molecule has 4 rings (SSSR count). The van der Waals surface area contributed by atoms with Gasteiger partial charge in [-0.1, -0.05) is 30.3 Å². The number of para-hydroxylation sites is 1. The van der Waals surface area contributed by atoms with Crippen molar-refractivity contribution in [1.82, 2.24) is 9.80 Å². The van der Waals surface area contributed by atoms with E-state index in [9.17, 15) is 4.79 Å². The standard InChI is InChI=1S/C25H32N2O3/c1-26(2)24(28)16-20-17-25(30-23-7-5-4-6-22(20)23)12-14-27(15-13-25)18-19-8-10-21(29-3)11-9-19/h4-11,20H,12-18H2,1-3H3/t20-/m1/s1. The summed E-state index contributed by atoms with van der Waals surface area (Å²) in [5, 5.41) is 0. The van der Waals surface area contributed by atoms with Crippen LogP contribution in [0.3, 0.4) is 0 Å². The van der Waals surface area contributed by atoms with E-state index < -0.39 is 0 Å². The minimum absolute atomic E-state index is 0.165. The second kappa shape index (κ2) is 8.68. The summed E-state index contributed by atoms with van der Waals surface area (Å²) in [6, 6.07) is 16.6. The molecule has 2 aromatic carbocycles. The maximum Gasteiger partial charge on any atom is 0.222 e. The summed E-state index contributed by atoms with van der Waals surface area (Å²) < 4.78 is 11.9. The van der Waals surface area contributed by atoms with Gasteiger partial charge < -0.3 is 14.4 Å². The normalized spacial score (nSPS) is 20.3. The SMILES string of the molecule is COc1ccc(CN2CCC3(CC2)C[C@@H](CC(=O)N(C)C)c2ccccc2O3)cc1. The Balaban J connectivity index is 1.44. The Morgan fingerprint density at radius 3 is 2.50 bits per heavy atom. The first kappa shape index (κ1) is 20.7. The van der Waals surface area contributed by atoms with E-state index in [4.69, 9.17) is 9.47 Å². The maximum atomic E-state index is 12.5. The van der Waals surface area contributed by atoms with Gasteiger partial charge in [-0.15, -0.1) is 0 Å². The Kier molecular flexibility index (Phi) is 6.00. The molecule has 1 amide bonds. The van der Waals surface area contributed by atoms with Gasteiger partial charge in [0, 0.05) is 46.1 Å². The molecular weight excluding hydrogens is 376 g/mol. The molecule has 0 N–H and O–H groups in total. The molecule has 2 aliphatic rings. The van der Waals surface area contributed by atoms with Crippen LogP contribution in [0.2, 0.25) is 0 Å². The van der Waals surface area contributed by atoms with Crippen molar-refractivity contribution in [3.8, 4) is 11.5 Å². The molecule has 1 saturated heterocycles.